The Bertz CT molecular complexity index is 1270. The lowest BCUT2D eigenvalue weighted by molar-refractivity contribution is -0.141. The molecule has 0 saturated carbocycles. The summed E-state index contributed by atoms with van der Waals surface area (Å²) in [5.74, 6) is -0.485. The van der Waals surface area contributed by atoms with Gasteiger partial charge >= 0.3 is 6.18 Å². The second kappa shape index (κ2) is 9.05. The van der Waals surface area contributed by atoms with Crippen molar-refractivity contribution in [2.45, 2.75) is 12.8 Å². The van der Waals surface area contributed by atoms with Crippen molar-refractivity contribution in [1.82, 2.24) is 9.78 Å². The number of nitrogens with one attached hydrogen (secondary N) is 1. The molecular formula is C23H17ClF3N3O3. The average molecular weight is 476 g/mol. The Kier molecular flexibility index (Phi) is 6.17. The molecule has 33 heavy (non-hydrogen) atoms. The summed E-state index contributed by atoms with van der Waals surface area (Å²) in [7, 11) is 0. The molecule has 0 bridgehead atoms. The average Bonchev–Trinajstić information content (AvgIpc) is 3.23. The fourth-order valence-electron chi connectivity index (χ4n) is 3.10. The maximum atomic E-state index is 13.3. The molecule has 0 spiro atoms. The number of phenolic OH excluding ortho intramolecular Hbond substituents is 2. The van der Waals surface area contributed by atoms with Gasteiger partial charge in [-0.3, -0.25) is 10.3 Å². The summed E-state index contributed by atoms with van der Waals surface area (Å²) in [6, 6.07) is 18.3. The zero-order chi connectivity index (χ0) is 23.6. The quantitative estimate of drug-likeness (QED) is 0.230. The number of aromatic hydroxyl groups is 2. The van der Waals surface area contributed by atoms with E-state index in [9.17, 15) is 23.4 Å². The molecule has 4 aromatic rings. The molecule has 4 rings (SSSR count). The summed E-state index contributed by atoms with van der Waals surface area (Å²) in [4.78, 5) is 5.38. The molecule has 6 nitrogen and oxygen atoms in total. The summed E-state index contributed by atoms with van der Waals surface area (Å²) in [5.41, 5.74) is 3.92. The smallest absolute Gasteiger partial charge is 0.435 e. The van der Waals surface area contributed by atoms with Crippen molar-refractivity contribution in [1.29, 1.82) is 0 Å². The van der Waals surface area contributed by atoms with E-state index >= 15 is 0 Å². The second-order valence-electron chi connectivity index (χ2n) is 7.07. The predicted molar refractivity (Wildman–Crippen MR) is 117 cm³/mol. The molecule has 0 aliphatic carbocycles. The van der Waals surface area contributed by atoms with Gasteiger partial charge in [0.15, 0.2) is 17.2 Å². The van der Waals surface area contributed by atoms with Crippen LogP contribution in [0.25, 0.3) is 16.9 Å². The molecule has 3 N–H and O–H groups in total. The molecular weight excluding hydrogens is 459 g/mol. The lowest BCUT2D eigenvalue weighted by atomic mass is 10.1. The number of hydrogen-bond donors (Lipinski definition) is 3. The van der Waals surface area contributed by atoms with Crippen LogP contribution in [0.5, 0.6) is 11.5 Å². The molecule has 0 radical (unpaired) electrons. The Labute approximate surface area is 191 Å². The summed E-state index contributed by atoms with van der Waals surface area (Å²) >= 11 is 6.19. The number of hydrogen-bond acceptors (Lipinski definition) is 5. The minimum atomic E-state index is -4.61. The molecule has 0 saturated heterocycles. The standard InChI is InChI=1S/C23H17ClF3N3O3/c24-17-3-1-2-4-18(17)30-19(12-22(28-30)23(25,26)27)15-6-8-16(9-7-15)29-33-13-14-5-10-20(31)21(32)11-14/h1-12,29,31-32H,13H2. The number of rotatable bonds is 6. The van der Waals surface area contributed by atoms with Crippen LogP contribution >= 0.6 is 11.6 Å². The van der Waals surface area contributed by atoms with Crippen LogP contribution in [0, 0.1) is 0 Å². The number of alkyl halides is 3. The van der Waals surface area contributed by atoms with E-state index in [4.69, 9.17) is 16.4 Å². The van der Waals surface area contributed by atoms with E-state index in [1.165, 1.54) is 16.8 Å². The molecule has 1 heterocycles. The second-order valence-corrected chi connectivity index (χ2v) is 7.47. The van der Waals surface area contributed by atoms with Crippen molar-refractivity contribution in [3.05, 3.63) is 89.1 Å². The Morgan fingerprint density at radius 2 is 1.67 bits per heavy atom. The van der Waals surface area contributed by atoms with Crippen molar-refractivity contribution in [3.8, 4) is 28.4 Å². The van der Waals surface area contributed by atoms with Crippen molar-refractivity contribution < 1.29 is 28.2 Å². The highest BCUT2D eigenvalue weighted by atomic mass is 35.5. The van der Waals surface area contributed by atoms with Gasteiger partial charge in [0, 0.05) is 5.56 Å². The highest BCUT2D eigenvalue weighted by Gasteiger charge is 2.35. The van der Waals surface area contributed by atoms with Crippen molar-refractivity contribution in [3.63, 3.8) is 0 Å². The third kappa shape index (κ3) is 5.05. The Morgan fingerprint density at radius 3 is 2.33 bits per heavy atom. The third-order valence-corrected chi connectivity index (χ3v) is 5.05. The van der Waals surface area contributed by atoms with Gasteiger partial charge in [-0.1, -0.05) is 41.9 Å². The Balaban J connectivity index is 1.55. The maximum absolute atomic E-state index is 13.3. The predicted octanol–water partition coefficient (Wildman–Crippen LogP) is 6.17. The van der Waals surface area contributed by atoms with E-state index in [0.29, 0.717) is 22.5 Å². The van der Waals surface area contributed by atoms with E-state index in [1.807, 2.05) is 0 Å². The van der Waals surface area contributed by atoms with E-state index in [1.54, 1.807) is 54.6 Å². The van der Waals surface area contributed by atoms with Crippen LogP contribution in [0.4, 0.5) is 18.9 Å². The number of para-hydroxylation sites is 1. The number of phenols is 2. The molecule has 0 unspecified atom stereocenters. The molecule has 10 heteroatoms. The highest BCUT2D eigenvalue weighted by Crippen LogP contribution is 2.35. The van der Waals surface area contributed by atoms with Crippen LogP contribution in [0.15, 0.2) is 72.8 Å². The first-order chi connectivity index (χ1) is 15.7. The zero-order valence-electron chi connectivity index (χ0n) is 16.8. The van der Waals surface area contributed by atoms with Gasteiger partial charge in [0.1, 0.15) is 0 Å². The first kappa shape index (κ1) is 22.5. The number of nitrogens with zero attached hydrogens (tertiary/aromatic N) is 2. The summed E-state index contributed by atoms with van der Waals surface area (Å²) in [5, 5.41) is 22.9. The molecule has 1 aromatic heterocycles. The van der Waals surface area contributed by atoms with Gasteiger partial charge in [-0.15, -0.1) is 0 Å². The maximum Gasteiger partial charge on any atom is 0.435 e. The number of halogens is 4. The largest absolute Gasteiger partial charge is 0.504 e. The Morgan fingerprint density at radius 1 is 0.939 bits per heavy atom. The molecule has 0 atom stereocenters. The topological polar surface area (TPSA) is 79.5 Å². The summed E-state index contributed by atoms with van der Waals surface area (Å²) in [6.45, 7) is 0.101. The van der Waals surface area contributed by atoms with Gasteiger partial charge < -0.3 is 10.2 Å². The number of benzene rings is 3. The van der Waals surface area contributed by atoms with Crippen molar-refractivity contribution in [2.75, 3.05) is 5.48 Å². The normalized spacial score (nSPS) is 11.5. The van der Waals surface area contributed by atoms with E-state index in [2.05, 4.69) is 10.6 Å². The van der Waals surface area contributed by atoms with Gasteiger partial charge in [-0.25, -0.2) is 4.68 Å². The molecule has 0 fully saturated rings. The molecule has 0 aliphatic heterocycles. The Hall–Kier alpha value is -3.69. The van der Waals surface area contributed by atoms with E-state index < -0.39 is 11.9 Å². The van der Waals surface area contributed by atoms with Gasteiger partial charge in [-0.2, -0.15) is 18.3 Å². The minimum Gasteiger partial charge on any atom is -0.504 e. The first-order valence-corrected chi connectivity index (χ1v) is 10.0. The summed E-state index contributed by atoms with van der Waals surface area (Å²) in [6.07, 6.45) is -4.61. The SMILES string of the molecule is Oc1ccc(CONc2ccc(-c3cc(C(F)(F)F)nn3-c3ccccc3Cl)cc2)cc1O. The fraction of sp³-hybridized carbons (Fsp3) is 0.0870. The zero-order valence-corrected chi connectivity index (χ0v) is 17.6. The van der Waals surface area contributed by atoms with Crippen LogP contribution in [0.1, 0.15) is 11.3 Å². The van der Waals surface area contributed by atoms with Crippen LogP contribution < -0.4 is 5.48 Å². The lowest BCUT2D eigenvalue weighted by Gasteiger charge is -2.11. The molecule has 0 aliphatic rings. The van der Waals surface area contributed by atoms with Crippen LogP contribution in [-0.4, -0.2) is 20.0 Å². The lowest BCUT2D eigenvalue weighted by Crippen LogP contribution is -2.07. The van der Waals surface area contributed by atoms with E-state index in [0.717, 1.165) is 6.07 Å². The molecule has 3 aromatic carbocycles. The number of anilines is 1. The van der Waals surface area contributed by atoms with E-state index in [-0.39, 0.29) is 28.8 Å². The van der Waals surface area contributed by atoms with Gasteiger partial charge in [-0.05, 0) is 48.0 Å². The van der Waals surface area contributed by atoms with Gasteiger partial charge in [0.25, 0.3) is 0 Å². The highest BCUT2D eigenvalue weighted by molar-refractivity contribution is 6.32. The van der Waals surface area contributed by atoms with Gasteiger partial charge in [0.2, 0.25) is 0 Å². The fourth-order valence-corrected chi connectivity index (χ4v) is 3.32. The monoisotopic (exact) mass is 475 g/mol. The molecule has 170 valence electrons. The summed E-state index contributed by atoms with van der Waals surface area (Å²) < 4.78 is 41.2. The van der Waals surface area contributed by atoms with Gasteiger partial charge in [0.05, 0.1) is 28.7 Å². The van der Waals surface area contributed by atoms with Crippen molar-refractivity contribution in [2.24, 2.45) is 0 Å². The molecule has 0 amide bonds. The van der Waals surface area contributed by atoms with Crippen LogP contribution in [-0.2, 0) is 17.6 Å². The van der Waals surface area contributed by atoms with Crippen molar-refractivity contribution >= 4 is 17.3 Å². The first-order valence-electron chi connectivity index (χ1n) is 9.63. The third-order valence-electron chi connectivity index (χ3n) is 4.73. The van der Waals surface area contributed by atoms with Crippen LogP contribution in [0.3, 0.4) is 0 Å². The number of aromatic nitrogens is 2. The van der Waals surface area contributed by atoms with Crippen LogP contribution in [0.2, 0.25) is 5.02 Å². The minimum absolute atomic E-state index is 0.101.